The number of thioether (sulfide) groups is 1. The molecule has 0 saturated carbocycles. The number of hydrogen-bond acceptors (Lipinski definition) is 6. The Labute approximate surface area is 167 Å². The lowest BCUT2D eigenvalue weighted by molar-refractivity contribution is -0.118. The summed E-state index contributed by atoms with van der Waals surface area (Å²) in [5.74, 6) is 0.572. The third-order valence-corrected chi connectivity index (χ3v) is 5.00. The van der Waals surface area contributed by atoms with Crippen molar-refractivity contribution >= 4 is 41.1 Å². The number of benzene rings is 2. The van der Waals surface area contributed by atoms with E-state index >= 15 is 0 Å². The fraction of sp³-hybridized carbons (Fsp3) is 0.211. The van der Waals surface area contributed by atoms with Crippen LogP contribution in [0.15, 0.2) is 42.5 Å². The van der Waals surface area contributed by atoms with Gasteiger partial charge in [0, 0.05) is 11.1 Å². The van der Waals surface area contributed by atoms with Gasteiger partial charge in [0.15, 0.2) is 17.3 Å². The lowest BCUT2D eigenvalue weighted by Gasteiger charge is -2.10. The summed E-state index contributed by atoms with van der Waals surface area (Å²) < 4.78 is 10.4. The van der Waals surface area contributed by atoms with Crippen LogP contribution in [0.1, 0.15) is 21.5 Å². The number of carbonyl (C=O) groups excluding carboxylic acids is 3. The Bertz CT molecular complexity index is 886. The Morgan fingerprint density at radius 1 is 1.04 bits per heavy atom. The predicted octanol–water partition coefficient (Wildman–Crippen LogP) is 3.25. The molecule has 27 heavy (non-hydrogen) atoms. The number of hydrogen-bond donors (Lipinski definition) is 1. The highest BCUT2D eigenvalue weighted by molar-refractivity contribution is 8.15. The molecule has 1 N–H and O–H groups in total. The fourth-order valence-corrected chi connectivity index (χ4v) is 3.59. The van der Waals surface area contributed by atoms with Crippen LogP contribution in [0.2, 0.25) is 0 Å². The Morgan fingerprint density at radius 2 is 1.74 bits per heavy atom. The van der Waals surface area contributed by atoms with Crippen LogP contribution >= 0.6 is 24.2 Å². The molecular weight excluding hydrogens is 390 g/mol. The number of ketones is 1. The third-order valence-electron chi connectivity index (χ3n) is 4.02. The summed E-state index contributed by atoms with van der Waals surface area (Å²) >= 11 is 0.973. The first-order valence-electron chi connectivity index (χ1n) is 7.89. The van der Waals surface area contributed by atoms with Crippen LogP contribution < -0.4 is 14.8 Å². The average Bonchev–Trinajstić information content (AvgIpc) is 2.97. The van der Waals surface area contributed by atoms with Gasteiger partial charge < -0.3 is 9.47 Å². The molecule has 2 aromatic rings. The van der Waals surface area contributed by atoms with Gasteiger partial charge in [-0.3, -0.25) is 19.7 Å². The first kappa shape index (κ1) is 20.8. The highest BCUT2D eigenvalue weighted by Gasteiger charge is 2.31. The number of halogens is 1. The number of imide groups is 1. The Morgan fingerprint density at radius 3 is 2.37 bits per heavy atom. The maximum atomic E-state index is 12.8. The molecule has 2 aromatic carbocycles. The van der Waals surface area contributed by atoms with Crippen LogP contribution in [0.4, 0.5) is 4.79 Å². The van der Waals surface area contributed by atoms with Crippen LogP contribution in [0.25, 0.3) is 0 Å². The van der Waals surface area contributed by atoms with E-state index in [-0.39, 0.29) is 29.3 Å². The minimum Gasteiger partial charge on any atom is -0.493 e. The monoisotopic (exact) mass is 407 g/mol. The van der Waals surface area contributed by atoms with Gasteiger partial charge in [0.1, 0.15) is 0 Å². The second-order valence-corrected chi connectivity index (χ2v) is 6.86. The summed E-state index contributed by atoms with van der Waals surface area (Å²) in [4.78, 5) is 35.8. The molecule has 6 nitrogen and oxygen atoms in total. The topological polar surface area (TPSA) is 81.7 Å². The number of ether oxygens (including phenoxy) is 2. The lowest BCUT2D eigenvalue weighted by Crippen LogP contribution is -2.25. The van der Waals surface area contributed by atoms with E-state index < -0.39 is 5.25 Å². The SMILES string of the molecule is COc1ccc(C(=O)c2cccc(CC3SC(=O)NC3=O)c2)cc1OC.Cl. The van der Waals surface area contributed by atoms with Crippen molar-refractivity contribution in [2.75, 3.05) is 14.2 Å². The number of methoxy groups -OCH3 is 2. The molecule has 1 saturated heterocycles. The Hall–Kier alpha value is -2.51. The number of carbonyl (C=O) groups is 3. The van der Waals surface area contributed by atoms with Gasteiger partial charge in [-0.25, -0.2) is 0 Å². The summed E-state index contributed by atoms with van der Waals surface area (Å²) in [6, 6.07) is 12.1. The summed E-state index contributed by atoms with van der Waals surface area (Å²) in [6.45, 7) is 0. The van der Waals surface area contributed by atoms with Gasteiger partial charge in [0.05, 0.1) is 19.5 Å². The van der Waals surface area contributed by atoms with E-state index in [0.29, 0.717) is 29.0 Å². The highest BCUT2D eigenvalue weighted by atomic mass is 35.5. The van der Waals surface area contributed by atoms with E-state index in [1.54, 1.807) is 36.4 Å². The molecule has 1 heterocycles. The normalized spacial score (nSPS) is 15.7. The van der Waals surface area contributed by atoms with E-state index in [1.807, 2.05) is 6.07 Å². The van der Waals surface area contributed by atoms with Crippen molar-refractivity contribution < 1.29 is 23.9 Å². The molecule has 1 atom stereocenters. The Kier molecular flexibility index (Phi) is 6.87. The van der Waals surface area contributed by atoms with Gasteiger partial charge in [-0.1, -0.05) is 30.0 Å². The van der Waals surface area contributed by atoms with E-state index in [1.165, 1.54) is 14.2 Å². The van der Waals surface area contributed by atoms with Crippen molar-refractivity contribution in [3.8, 4) is 11.5 Å². The molecule has 0 aromatic heterocycles. The van der Waals surface area contributed by atoms with Crippen molar-refractivity contribution in [3.63, 3.8) is 0 Å². The zero-order chi connectivity index (χ0) is 18.7. The molecule has 0 bridgehead atoms. The minimum absolute atomic E-state index is 0. The molecular formula is C19H18ClNO5S. The number of nitrogens with one attached hydrogen (secondary N) is 1. The highest BCUT2D eigenvalue weighted by Crippen LogP contribution is 2.29. The quantitative estimate of drug-likeness (QED) is 0.740. The fourth-order valence-electron chi connectivity index (χ4n) is 2.73. The van der Waals surface area contributed by atoms with Crippen molar-refractivity contribution in [2.45, 2.75) is 11.7 Å². The molecule has 1 unspecified atom stereocenters. The van der Waals surface area contributed by atoms with Crippen LogP contribution in [-0.4, -0.2) is 36.4 Å². The van der Waals surface area contributed by atoms with E-state index in [0.717, 1.165) is 17.3 Å². The maximum Gasteiger partial charge on any atom is 0.286 e. The van der Waals surface area contributed by atoms with E-state index in [9.17, 15) is 14.4 Å². The minimum atomic E-state index is -0.464. The first-order valence-corrected chi connectivity index (χ1v) is 8.77. The van der Waals surface area contributed by atoms with E-state index in [4.69, 9.17) is 9.47 Å². The summed E-state index contributed by atoms with van der Waals surface area (Å²) in [5, 5.41) is 1.47. The van der Waals surface area contributed by atoms with Crippen molar-refractivity contribution in [3.05, 3.63) is 59.2 Å². The molecule has 0 radical (unpaired) electrons. The molecule has 2 amide bonds. The Balaban J connectivity index is 0.00000261. The van der Waals surface area contributed by atoms with Gasteiger partial charge in [-0.05, 0) is 36.2 Å². The largest absolute Gasteiger partial charge is 0.493 e. The van der Waals surface area contributed by atoms with Crippen LogP contribution in [0.5, 0.6) is 11.5 Å². The second-order valence-electron chi connectivity index (χ2n) is 5.69. The second kappa shape index (κ2) is 8.92. The standard InChI is InChI=1S/C19H17NO5S.ClH/c1-24-14-7-6-13(10-15(14)25-2)17(21)12-5-3-4-11(8-12)9-16-18(22)20-19(23)26-16;/h3-8,10,16H,9H2,1-2H3,(H,20,22,23);1H. The molecule has 0 aliphatic carbocycles. The molecule has 1 aliphatic rings. The van der Waals surface area contributed by atoms with Crippen molar-refractivity contribution in [2.24, 2.45) is 0 Å². The van der Waals surface area contributed by atoms with Gasteiger partial charge in [0.25, 0.3) is 5.24 Å². The predicted molar refractivity (Wildman–Crippen MR) is 105 cm³/mol. The van der Waals surface area contributed by atoms with Crippen LogP contribution in [0, 0.1) is 0 Å². The molecule has 1 fully saturated rings. The molecule has 3 rings (SSSR count). The third kappa shape index (κ3) is 4.61. The van der Waals surface area contributed by atoms with Crippen LogP contribution in [-0.2, 0) is 11.2 Å². The molecule has 8 heteroatoms. The lowest BCUT2D eigenvalue weighted by atomic mass is 9.99. The van der Waals surface area contributed by atoms with Gasteiger partial charge >= 0.3 is 0 Å². The zero-order valence-electron chi connectivity index (χ0n) is 14.7. The zero-order valence-corrected chi connectivity index (χ0v) is 16.3. The molecule has 0 spiro atoms. The summed E-state index contributed by atoms with van der Waals surface area (Å²) in [6.07, 6.45) is 0.384. The average molecular weight is 408 g/mol. The first-order chi connectivity index (χ1) is 12.5. The summed E-state index contributed by atoms with van der Waals surface area (Å²) in [5.41, 5.74) is 1.80. The molecule has 142 valence electrons. The van der Waals surface area contributed by atoms with Gasteiger partial charge in [-0.15, -0.1) is 12.4 Å². The van der Waals surface area contributed by atoms with E-state index in [2.05, 4.69) is 5.32 Å². The van der Waals surface area contributed by atoms with Gasteiger partial charge in [-0.2, -0.15) is 0 Å². The van der Waals surface area contributed by atoms with Crippen LogP contribution in [0.3, 0.4) is 0 Å². The maximum absolute atomic E-state index is 12.8. The van der Waals surface area contributed by atoms with Crippen molar-refractivity contribution in [1.82, 2.24) is 5.32 Å². The number of rotatable bonds is 6. The smallest absolute Gasteiger partial charge is 0.286 e. The summed E-state index contributed by atoms with van der Waals surface area (Å²) in [7, 11) is 3.04. The van der Waals surface area contributed by atoms with Gasteiger partial charge in [0.2, 0.25) is 5.91 Å². The molecule has 1 aliphatic heterocycles. The number of amides is 2. The van der Waals surface area contributed by atoms with Crippen molar-refractivity contribution in [1.29, 1.82) is 0 Å².